The van der Waals surface area contributed by atoms with Crippen LogP contribution in [-0.2, 0) is 12.1 Å². The lowest BCUT2D eigenvalue weighted by molar-refractivity contribution is 0.0658. The highest BCUT2D eigenvalue weighted by Crippen LogP contribution is 2.46. The van der Waals surface area contributed by atoms with E-state index in [2.05, 4.69) is 76.4 Å². The molecule has 2 aliphatic rings. The first-order valence-electron chi connectivity index (χ1n) is 11.2. The Balaban J connectivity index is 1.47. The maximum absolute atomic E-state index is 12.9. The number of anilines is 1. The van der Waals surface area contributed by atoms with Crippen LogP contribution in [0.5, 0.6) is 0 Å². The molecule has 1 aromatic carbocycles. The maximum Gasteiger partial charge on any atom is 0.322 e. The van der Waals surface area contributed by atoms with E-state index in [0.29, 0.717) is 13.1 Å². The molecule has 1 aromatic heterocycles. The molecule has 2 aromatic rings. The van der Waals surface area contributed by atoms with Crippen LogP contribution in [-0.4, -0.2) is 65.6 Å². The second-order valence-electron chi connectivity index (χ2n) is 9.28. The highest BCUT2D eigenvalue weighted by atomic mass is 16.2. The molecule has 1 saturated carbocycles. The summed E-state index contributed by atoms with van der Waals surface area (Å²) in [6, 6.07) is 10.7. The van der Waals surface area contributed by atoms with Gasteiger partial charge in [0.25, 0.3) is 0 Å². The molecule has 1 aliphatic heterocycles. The van der Waals surface area contributed by atoms with E-state index < -0.39 is 0 Å². The van der Waals surface area contributed by atoms with Crippen molar-refractivity contribution in [1.29, 1.82) is 0 Å². The van der Waals surface area contributed by atoms with Gasteiger partial charge in [-0.05, 0) is 58.9 Å². The van der Waals surface area contributed by atoms with Crippen molar-refractivity contribution in [2.24, 2.45) is 0 Å². The van der Waals surface area contributed by atoms with E-state index in [0.717, 1.165) is 43.7 Å². The smallest absolute Gasteiger partial charge is 0.322 e. The predicted octanol–water partition coefficient (Wildman–Crippen LogP) is 3.23. The van der Waals surface area contributed by atoms with Crippen LogP contribution in [0.2, 0.25) is 0 Å². The summed E-state index contributed by atoms with van der Waals surface area (Å²) >= 11 is 0. The zero-order valence-corrected chi connectivity index (χ0v) is 19.1. The second kappa shape index (κ2) is 8.55. The summed E-state index contributed by atoms with van der Waals surface area (Å²) in [7, 11) is 6.38. The Labute approximate surface area is 185 Å². The molecule has 1 aliphatic carbocycles. The first kappa shape index (κ1) is 21.7. The lowest BCUT2D eigenvalue weighted by Crippen LogP contribution is -2.54. The molecule has 2 amide bonds. The molecule has 1 saturated heterocycles. The first-order valence-corrected chi connectivity index (χ1v) is 11.2. The molecule has 31 heavy (non-hydrogen) atoms. The molecule has 7 nitrogen and oxygen atoms in total. The fraction of sp³-hybridized carbons (Fsp3) is 0.542. The number of nitrogens with one attached hydrogen (secondary N) is 1. The maximum atomic E-state index is 12.9. The molecule has 4 rings (SSSR count). The Morgan fingerprint density at radius 1 is 1.03 bits per heavy atom. The van der Waals surface area contributed by atoms with E-state index in [1.807, 2.05) is 7.05 Å². The minimum Gasteiger partial charge on any atom is -0.330 e. The zero-order chi connectivity index (χ0) is 22.1. The molecule has 0 unspecified atom stereocenters. The fourth-order valence-corrected chi connectivity index (χ4v) is 5.01. The molecule has 7 heteroatoms. The van der Waals surface area contributed by atoms with Gasteiger partial charge in [-0.3, -0.25) is 14.7 Å². The summed E-state index contributed by atoms with van der Waals surface area (Å²) in [5.74, 6) is 0.777. The van der Waals surface area contributed by atoms with Crippen LogP contribution in [0.15, 0.2) is 42.7 Å². The van der Waals surface area contributed by atoms with Gasteiger partial charge >= 0.3 is 6.03 Å². The van der Waals surface area contributed by atoms with Gasteiger partial charge in [0.05, 0.1) is 36.7 Å². The van der Waals surface area contributed by atoms with E-state index in [9.17, 15) is 4.79 Å². The number of benzene rings is 1. The van der Waals surface area contributed by atoms with Crippen molar-refractivity contribution in [1.82, 2.24) is 25.1 Å². The van der Waals surface area contributed by atoms with Gasteiger partial charge in [-0.1, -0.05) is 37.3 Å². The Morgan fingerprint density at radius 2 is 1.68 bits per heavy atom. The molecule has 0 atom stereocenters. The summed E-state index contributed by atoms with van der Waals surface area (Å²) < 4.78 is 0. The summed E-state index contributed by atoms with van der Waals surface area (Å²) in [6.07, 6.45) is 7.47. The number of rotatable bonds is 6. The quantitative estimate of drug-likeness (QED) is 0.774. The Bertz CT molecular complexity index is 890. The number of hydrogen-bond donors (Lipinski definition) is 1. The van der Waals surface area contributed by atoms with Crippen molar-refractivity contribution in [3.8, 4) is 0 Å². The van der Waals surface area contributed by atoms with E-state index in [4.69, 9.17) is 0 Å². The van der Waals surface area contributed by atoms with E-state index in [1.54, 1.807) is 17.3 Å². The Morgan fingerprint density at radius 3 is 2.26 bits per heavy atom. The van der Waals surface area contributed by atoms with Crippen LogP contribution in [0.1, 0.15) is 44.0 Å². The lowest BCUT2D eigenvalue weighted by Gasteiger charge is -2.48. The van der Waals surface area contributed by atoms with Crippen molar-refractivity contribution in [2.45, 2.75) is 50.2 Å². The molecular formula is C24H34N6O. The number of hydrogen-bond acceptors (Lipinski definition) is 5. The number of amides is 2. The Hall–Kier alpha value is -2.51. The third kappa shape index (κ3) is 4.16. The van der Waals surface area contributed by atoms with Gasteiger partial charge < -0.3 is 5.32 Å². The van der Waals surface area contributed by atoms with E-state index >= 15 is 0 Å². The summed E-state index contributed by atoms with van der Waals surface area (Å²) in [6.45, 7) is 4.43. The monoisotopic (exact) mass is 422 g/mol. The minimum atomic E-state index is -0.188. The van der Waals surface area contributed by atoms with Gasteiger partial charge in [0.1, 0.15) is 5.82 Å². The summed E-state index contributed by atoms with van der Waals surface area (Å²) in [4.78, 5) is 28.1. The predicted molar refractivity (Wildman–Crippen MR) is 123 cm³/mol. The third-order valence-corrected chi connectivity index (χ3v) is 7.23. The van der Waals surface area contributed by atoms with Crippen LogP contribution < -0.4 is 10.2 Å². The molecule has 2 heterocycles. The number of urea groups is 1. The van der Waals surface area contributed by atoms with Crippen molar-refractivity contribution < 1.29 is 4.79 Å². The average molecular weight is 423 g/mol. The van der Waals surface area contributed by atoms with Crippen LogP contribution >= 0.6 is 0 Å². The fourth-order valence-electron chi connectivity index (χ4n) is 5.01. The molecular weight excluding hydrogens is 388 g/mol. The van der Waals surface area contributed by atoms with E-state index in [1.165, 1.54) is 5.56 Å². The molecule has 0 bridgehead atoms. The van der Waals surface area contributed by atoms with Crippen molar-refractivity contribution in [2.75, 3.05) is 39.1 Å². The normalized spacial score (nSPS) is 26.1. The molecule has 166 valence electrons. The molecule has 0 radical (unpaired) electrons. The van der Waals surface area contributed by atoms with Crippen molar-refractivity contribution >= 4 is 11.7 Å². The minimum absolute atomic E-state index is 0.0146. The Kier molecular flexibility index (Phi) is 5.99. The van der Waals surface area contributed by atoms with Gasteiger partial charge in [0.2, 0.25) is 0 Å². The van der Waals surface area contributed by atoms with Crippen molar-refractivity contribution in [3.05, 3.63) is 54.1 Å². The van der Waals surface area contributed by atoms with E-state index in [-0.39, 0.29) is 17.1 Å². The lowest BCUT2D eigenvalue weighted by atomic mass is 9.69. The van der Waals surface area contributed by atoms with Crippen LogP contribution in [0.4, 0.5) is 10.5 Å². The summed E-state index contributed by atoms with van der Waals surface area (Å²) in [5.41, 5.74) is 1.95. The van der Waals surface area contributed by atoms with Gasteiger partial charge in [0.15, 0.2) is 0 Å². The SMILES string of the molecule is CCN(C)Cc1ncc(N2CC3(CCC(c4ccccc4)(N(C)C)CC3)NC2=O)cn1. The van der Waals surface area contributed by atoms with Crippen LogP contribution in [0.3, 0.4) is 0 Å². The number of aromatic nitrogens is 2. The van der Waals surface area contributed by atoms with Crippen LogP contribution in [0.25, 0.3) is 0 Å². The number of carbonyl (C=O) groups is 1. The topological polar surface area (TPSA) is 64.6 Å². The van der Waals surface area contributed by atoms with Gasteiger partial charge in [-0.15, -0.1) is 0 Å². The highest BCUT2D eigenvalue weighted by Gasteiger charge is 2.50. The standard InChI is InChI=1S/C24H34N6O/c1-5-29(4)17-21-25-15-20(16-26-21)30-18-23(27-22(30)31)11-13-24(14-12-23,28(2)3)19-9-7-6-8-10-19/h6-10,15-16H,5,11-14,17-18H2,1-4H3,(H,27,31). The van der Waals surface area contributed by atoms with Gasteiger partial charge in [-0.2, -0.15) is 0 Å². The molecule has 2 fully saturated rings. The van der Waals surface area contributed by atoms with Crippen molar-refractivity contribution in [3.63, 3.8) is 0 Å². The van der Waals surface area contributed by atoms with Crippen LogP contribution in [0, 0.1) is 0 Å². The zero-order valence-electron chi connectivity index (χ0n) is 19.1. The van der Waals surface area contributed by atoms with Gasteiger partial charge in [-0.25, -0.2) is 14.8 Å². The first-order chi connectivity index (χ1) is 14.9. The number of nitrogens with zero attached hydrogens (tertiary/aromatic N) is 5. The second-order valence-corrected chi connectivity index (χ2v) is 9.28. The third-order valence-electron chi connectivity index (χ3n) is 7.23. The van der Waals surface area contributed by atoms with Gasteiger partial charge in [0, 0.05) is 5.54 Å². The number of carbonyl (C=O) groups excluding carboxylic acids is 1. The largest absolute Gasteiger partial charge is 0.330 e. The highest BCUT2D eigenvalue weighted by molar-refractivity contribution is 5.95. The summed E-state index contributed by atoms with van der Waals surface area (Å²) in [5, 5.41) is 3.31. The average Bonchev–Trinajstić information content (AvgIpc) is 3.11. The molecule has 1 spiro atoms. The molecule has 1 N–H and O–H groups in total.